The number of morpholine rings is 1. The molecular weight excluding hydrogens is 476 g/mol. The third kappa shape index (κ3) is 5.84. The standard InChI is InChI=1S/C28H32N2O7/c1-3-37-22-7-4-6-21(18-22)25(31)23-24(19-8-10-20(11-9-19)28(34)35-2)30(27(33)26(23)32)13-5-12-29-14-16-36-17-15-29/h4,6-11,18,24,31H,3,5,12-17H2,1-2H3/b25-23+. The van der Waals surface area contributed by atoms with Gasteiger partial charge in [-0.05, 0) is 43.2 Å². The number of Topliss-reactive ketones (excluding diaryl/α,β-unsaturated/α-hetero) is 1. The number of nitrogens with zero attached hydrogens (tertiary/aromatic N) is 2. The third-order valence-electron chi connectivity index (χ3n) is 6.58. The van der Waals surface area contributed by atoms with Gasteiger partial charge < -0.3 is 24.2 Å². The van der Waals surface area contributed by atoms with Crippen molar-refractivity contribution in [2.45, 2.75) is 19.4 Å². The molecule has 0 aromatic heterocycles. The van der Waals surface area contributed by atoms with E-state index in [-0.39, 0.29) is 11.3 Å². The van der Waals surface area contributed by atoms with Crippen LogP contribution in [-0.4, -0.2) is 85.7 Å². The summed E-state index contributed by atoms with van der Waals surface area (Å²) in [6, 6.07) is 12.5. The minimum atomic E-state index is -0.799. The van der Waals surface area contributed by atoms with E-state index in [4.69, 9.17) is 14.2 Å². The number of rotatable bonds is 9. The van der Waals surface area contributed by atoms with Gasteiger partial charge in [0, 0.05) is 31.7 Å². The molecule has 2 aliphatic heterocycles. The second kappa shape index (κ2) is 12.0. The molecule has 1 N–H and O–H groups in total. The second-order valence-corrected chi connectivity index (χ2v) is 8.87. The fourth-order valence-corrected chi connectivity index (χ4v) is 4.72. The van der Waals surface area contributed by atoms with Crippen molar-refractivity contribution in [2.24, 2.45) is 0 Å². The summed E-state index contributed by atoms with van der Waals surface area (Å²) < 4.78 is 15.7. The molecule has 37 heavy (non-hydrogen) atoms. The summed E-state index contributed by atoms with van der Waals surface area (Å²) in [4.78, 5) is 42.2. The van der Waals surface area contributed by atoms with Crippen LogP contribution in [0, 0.1) is 0 Å². The first-order valence-electron chi connectivity index (χ1n) is 12.4. The Kier molecular flexibility index (Phi) is 8.58. The van der Waals surface area contributed by atoms with Gasteiger partial charge in [0.2, 0.25) is 0 Å². The summed E-state index contributed by atoms with van der Waals surface area (Å²) in [6.07, 6.45) is 0.656. The van der Waals surface area contributed by atoms with Crippen LogP contribution in [-0.2, 0) is 19.1 Å². The van der Waals surface area contributed by atoms with Crippen LogP contribution in [0.15, 0.2) is 54.1 Å². The van der Waals surface area contributed by atoms with Crippen molar-refractivity contribution in [1.29, 1.82) is 0 Å². The Labute approximate surface area is 216 Å². The molecule has 1 amide bonds. The minimum Gasteiger partial charge on any atom is -0.507 e. The number of carbonyl (C=O) groups excluding carboxylic acids is 3. The highest BCUT2D eigenvalue weighted by Gasteiger charge is 2.45. The van der Waals surface area contributed by atoms with E-state index >= 15 is 0 Å². The predicted octanol–water partition coefficient (Wildman–Crippen LogP) is 3.02. The molecule has 2 heterocycles. The summed E-state index contributed by atoms with van der Waals surface area (Å²) in [7, 11) is 1.30. The summed E-state index contributed by atoms with van der Waals surface area (Å²) in [6.45, 7) is 6.41. The number of aliphatic hydroxyl groups is 1. The fraction of sp³-hybridized carbons (Fsp3) is 0.393. The highest BCUT2D eigenvalue weighted by atomic mass is 16.5. The number of methoxy groups -OCH3 is 1. The lowest BCUT2D eigenvalue weighted by atomic mass is 9.94. The smallest absolute Gasteiger partial charge is 0.337 e. The lowest BCUT2D eigenvalue weighted by Crippen LogP contribution is -2.39. The van der Waals surface area contributed by atoms with Gasteiger partial charge in [-0.1, -0.05) is 24.3 Å². The number of ketones is 1. The van der Waals surface area contributed by atoms with Gasteiger partial charge in [-0.25, -0.2) is 4.79 Å². The molecule has 196 valence electrons. The first kappa shape index (κ1) is 26.4. The molecule has 2 fully saturated rings. The topological polar surface area (TPSA) is 106 Å². The van der Waals surface area contributed by atoms with E-state index in [9.17, 15) is 19.5 Å². The van der Waals surface area contributed by atoms with E-state index in [1.807, 2.05) is 6.92 Å². The maximum absolute atomic E-state index is 13.3. The Bertz CT molecular complexity index is 1170. The number of hydrogen-bond acceptors (Lipinski definition) is 8. The molecule has 0 spiro atoms. The Hall–Kier alpha value is -3.69. The maximum Gasteiger partial charge on any atom is 0.337 e. The van der Waals surface area contributed by atoms with Crippen molar-refractivity contribution in [2.75, 3.05) is 53.1 Å². The van der Waals surface area contributed by atoms with Crippen LogP contribution in [0.3, 0.4) is 0 Å². The number of hydrogen-bond donors (Lipinski definition) is 1. The first-order valence-corrected chi connectivity index (χ1v) is 12.4. The molecule has 0 saturated carbocycles. The molecule has 1 unspecified atom stereocenters. The zero-order chi connectivity index (χ0) is 26.4. The van der Waals surface area contributed by atoms with Crippen LogP contribution in [0.25, 0.3) is 5.76 Å². The van der Waals surface area contributed by atoms with Gasteiger partial charge in [0.15, 0.2) is 0 Å². The number of carbonyl (C=O) groups is 3. The Morgan fingerprint density at radius 2 is 1.78 bits per heavy atom. The van der Waals surface area contributed by atoms with Gasteiger partial charge in [0.05, 0.1) is 44.1 Å². The van der Waals surface area contributed by atoms with Crippen molar-refractivity contribution >= 4 is 23.4 Å². The lowest BCUT2D eigenvalue weighted by molar-refractivity contribution is -0.140. The first-order chi connectivity index (χ1) is 17.9. The van der Waals surface area contributed by atoms with Gasteiger partial charge in [-0.15, -0.1) is 0 Å². The minimum absolute atomic E-state index is 0.0100. The molecule has 2 saturated heterocycles. The van der Waals surface area contributed by atoms with E-state index in [1.165, 1.54) is 12.0 Å². The van der Waals surface area contributed by atoms with Gasteiger partial charge >= 0.3 is 5.97 Å². The highest BCUT2D eigenvalue weighted by Crippen LogP contribution is 2.40. The zero-order valence-corrected chi connectivity index (χ0v) is 21.1. The molecule has 2 aromatic carbocycles. The van der Waals surface area contributed by atoms with Crippen LogP contribution in [0.4, 0.5) is 0 Å². The maximum atomic E-state index is 13.3. The average Bonchev–Trinajstić information content (AvgIpc) is 3.18. The quantitative estimate of drug-likeness (QED) is 0.239. The largest absolute Gasteiger partial charge is 0.507 e. The van der Waals surface area contributed by atoms with E-state index in [2.05, 4.69) is 4.90 Å². The number of aliphatic hydroxyl groups excluding tert-OH is 1. The Morgan fingerprint density at radius 3 is 2.46 bits per heavy atom. The second-order valence-electron chi connectivity index (χ2n) is 8.87. The van der Waals surface area contributed by atoms with E-state index < -0.39 is 23.7 Å². The molecule has 0 bridgehead atoms. The molecule has 2 aliphatic rings. The van der Waals surface area contributed by atoms with Crippen LogP contribution in [0.1, 0.15) is 40.9 Å². The summed E-state index contributed by atoms with van der Waals surface area (Å²) >= 11 is 0. The number of benzene rings is 2. The molecular formula is C28H32N2O7. The lowest BCUT2D eigenvalue weighted by Gasteiger charge is -2.29. The van der Waals surface area contributed by atoms with Crippen LogP contribution in [0.5, 0.6) is 5.75 Å². The van der Waals surface area contributed by atoms with E-state index in [0.29, 0.717) is 55.2 Å². The number of ether oxygens (including phenoxy) is 3. The van der Waals surface area contributed by atoms with E-state index in [0.717, 1.165) is 19.6 Å². The molecule has 0 aliphatic carbocycles. The van der Waals surface area contributed by atoms with Gasteiger partial charge in [-0.3, -0.25) is 14.5 Å². The number of esters is 1. The summed E-state index contributed by atoms with van der Waals surface area (Å²) in [5, 5.41) is 11.3. The molecule has 4 rings (SSSR count). The SMILES string of the molecule is CCOc1cccc(/C(O)=C2\C(=O)C(=O)N(CCCN3CCOCC3)C2c2ccc(C(=O)OC)cc2)c1. The van der Waals surface area contributed by atoms with Crippen LogP contribution >= 0.6 is 0 Å². The zero-order valence-electron chi connectivity index (χ0n) is 21.1. The van der Waals surface area contributed by atoms with Crippen molar-refractivity contribution in [3.63, 3.8) is 0 Å². The fourth-order valence-electron chi connectivity index (χ4n) is 4.72. The Morgan fingerprint density at radius 1 is 1.05 bits per heavy atom. The van der Waals surface area contributed by atoms with Crippen LogP contribution in [0.2, 0.25) is 0 Å². The molecule has 2 aromatic rings. The summed E-state index contributed by atoms with van der Waals surface area (Å²) in [5.41, 5.74) is 1.35. The van der Waals surface area contributed by atoms with E-state index in [1.54, 1.807) is 48.5 Å². The van der Waals surface area contributed by atoms with Gasteiger partial charge in [-0.2, -0.15) is 0 Å². The average molecular weight is 509 g/mol. The van der Waals surface area contributed by atoms with Gasteiger partial charge in [0.25, 0.3) is 11.7 Å². The van der Waals surface area contributed by atoms with Crippen molar-refractivity contribution in [3.05, 3.63) is 70.8 Å². The monoisotopic (exact) mass is 508 g/mol. The summed E-state index contributed by atoms with van der Waals surface area (Å²) in [5.74, 6) is -1.61. The third-order valence-corrected chi connectivity index (χ3v) is 6.58. The van der Waals surface area contributed by atoms with Crippen molar-refractivity contribution in [1.82, 2.24) is 9.80 Å². The van der Waals surface area contributed by atoms with Crippen molar-refractivity contribution in [3.8, 4) is 5.75 Å². The molecule has 0 radical (unpaired) electrons. The number of amides is 1. The Balaban J connectivity index is 1.69. The highest BCUT2D eigenvalue weighted by molar-refractivity contribution is 6.46. The predicted molar refractivity (Wildman–Crippen MR) is 136 cm³/mol. The van der Waals surface area contributed by atoms with Crippen molar-refractivity contribution < 1.29 is 33.7 Å². The van der Waals surface area contributed by atoms with Gasteiger partial charge in [0.1, 0.15) is 11.5 Å². The molecule has 1 atom stereocenters. The normalized spacial score (nSPS) is 19.7. The molecule has 9 nitrogen and oxygen atoms in total. The number of likely N-dealkylation sites (tertiary alicyclic amines) is 1. The van der Waals surface area contributed by atoms with Crippen LogP contribution < -0.4 is 4.74 Å². The molecule has 9 heteroatoms.